The molecule has 0 bridgehead atoms. The Bertz CT molecular complexity index is 561. The topological polar surface area (TPSA) is 101 Å². The summed E-state index contributed by atoms with van der Waals surface area (Å²) in [5.74, 6) is -1.70. The Morgan fingerprint density at radius 1 is 1.33 bits per heavy atom. The van der Waals surface area contributed by atoms with Crippen LogP contribution < -0.4 is 0 Å². The first-order valence-corrected chi connectivity index (χ1v) is 6.74. The van der Waals surface area contributed by atoms with Gasteiger partial charge in [0.2, 0.25) is 0 Å². The zero-order valence-corrected chi connectivity index (χ0v) is 10.8. The van der Waals surface area contributed by atoms with Gasteiger partial charge < -0.3 is 9.84 Å². The second kappa shape index (κ2) is 5.36. The lowest BCUT2D eigenvalue weighted by Gasteiger charge is -2.08. The molecule has 0 saturated heterocycles. The van der Waals surface area contributed by atoms with Gasteiger partial charge in [-0.15, -0.1) is 0 Å². The zero-order chi connectivity index (χ0) is 13.9. The molecule has 0 radical (unpaired) electrons. The molecule has 0 spiro atoms. The van der Waals surface area contributed by atoms with Gasteiger partial charge >= 0.3 is 5.97 Å². The van der Waals surface area contributed by atoms with Gasteiger partial charge in [0.25, 0.3) is 10.1 Å². The van der Waals surface area contributed by atoms with E-state index in [-0.39, 0.29) is 11.3 Å². The number of hydrogen-bond acceptors (Lipinski definition) is 5. The van der Waals surface area contributed by atoms with Gasteiger partial charge in [-0.25, -0.2) is 4.79 Å². The van der Waals surface area contributed by atoms with Gasteiger partial charge in [0, 0.05) is 0 Å². The quantitative estimate of drug-likeness (QED) is 0.628. The van der Waals surface area contributed by atoms with Crippen LogP contribution in [-0.4, -0.2) is 36.4 Å². The van der Waals surface area contributed by atoms with Crippen molar-refractivity contribution in [2.45, 2.75) is 13.8 Å². The number of phenols is 1. The molecule has 1 rings (SSSR count). The maximum Gasteiger partial charge on any atom is 0.341 e. The van der Waals surface area contributed by atoms with Crippen molar-refractivity contribution in [2.75, 3.05) is 12.4 Å². The fourth-order valence-electron chi connectivity index (χ4n) is 1.43. The number of aromatic hydroxyl groups is 1. The molecule has 0 heterocycles. The maximum absolute atomic E-state index is 11.6. The normalized spacial score (nSPS) is 11.3. The van der Waals surface area contributed by atoms with Crippen molar-refractivity contribution in [3.05, 3.63) is 28.8 Å². The minimum absolute atomic E-state index is 0.0252. The van der Waals surface area contributed by atoms with Crippen molar-refractivity contribution >= 4 is 16.1 Å². The summed E-state index contributed by atoms with van der Waals surface area (Å²) in [7, 11) is -4.17. The molecule has 0 atom stereocenters. The lowest BCUT2D eigenvalue weighted by molar-refractivity contribution is 0.0524. The van der Waals surface area contributed by atoms with Crippen molar-refractivity contribution in [1.29, 1.82) is 0 Å². The van der Waals surface area contributed by atoms with E-state index in [4.69, 9.17) is 4.55 Å². The molecule has 0 unspecified atom stereocenters. The molecule has 0 aromatic heterocycles. The SMILES string of the molecule is Cc1cc(C)c(O)c(C(=O)OCCS(=O)(=O)O)c1. The number of carbonyl (C=O) groups is 1. The van der Waals surface area contributed by atoms with Crippen LogP contribution in [0.15, 0.2) is 12.1 Å². The Kier molecular flexibility index (Phi) is 4.31. The second-order valence-electron chi connectivity index (χ2n) is 3.90. The van der Waals surface area contributed by atoms with Gasteiger partial charge in [0.1, 0.15) is 23.7 Å². The van der Waals surface area contributed by atoms with Gasteiger partial charge in [0.15, 0.2) is 0 Å². The third kappa shape index (κ3) is 4.01. The average Bonchev–Trinajstić information content (AvgIpc) is 2.21. The monoisotopic (exact) mass is 274 g/mol. The predicted octanol–water partition coefficient (Wildman–Crippen LogP) is 1.05. The molecule has 0 aliphatic rings. The Morgan fingerprint density at radius 3 is 2.50 bits per heavy atom. The average molecular weight is 274 g/mol. The molecule has 1 aromatic carbocycles. The third-order valence-electron chi connectivity index (χ3n) is 2.24. The number of esters is 1. The number of rotatable bonds is 4. The fourth-order valence-corrected chi connectivity index (χ4v) is 1.73. The van der Waals surface area contributed by atoms with Gasteiger partial charge in [0.05, 0.1) is 0 Å². The van der Waals surface area contributed by atoms with Crippen LogP contribution in [0.4, 0.5) is 0 Å². The van der Waals surface area contributed by atoms with Crippen LogP contribution >= 0.6 is 0 Å². The lowest BCUT2D eigenvalue weighted by Crippen LogP contribution is -2.15. The van der Waals surface area contributed by atoms with Crippen molar-refractivity contribution in [1.82, 2.24) is 0 Å². The van der Waals surface area contributed by atoms with Crippen molar-refractivity contribution in [2.24, 2.45) is 0 Å². The van der Waals surface area contributed by atoms with E-state index in [1.165, 1.54) is 6.07 Å². The molecule has 2 N–H and O–H groups in total. The molecule has 100 valence electrons. The standard InChI is InChI=1S/C11H14O6S/c1-7-5-8(2)10(12)9(6-7)11(13)17-3-4-18(14,15)16/h5-6,12H,3-4H2,1-2H3,(H,14,15,16). The van der Waals surface area contributed by atoms with Crippen molar-refractivity contribution in [3.63, 3.8) is 0 Å². The lowest BCUT2D eigenvalue weighted by atomic mass is 10.1. The molecule has 0 aliphatic carbocycles. The van der Waals surface area contributed by atoms with Crippen molar-refractivity contribution in [3.8, 4) is 5.75 Å². The molecule has 18 heavy (non-hydrogen) atoms. The van der Waals surface area contributed by atoms with Crippen LogP contribution in [-0.2, 0) is 14.9 Å². The number of carbonyl (C=O) groups excluding carboxylic acids is 1. The molecule has 0 amide bonds. The van der Waals surface area contributed by atoms with E-state index in [9.17, 15) is 18.3 Å². The van der Waals surface area contributed by atoms with E-state index in [0.717, 1.165) is 5.56 Å². The number of benzene rings is 1. The van der Waals surface area contributed by atoms with Crippen molar-refractivity contribution < 1.29 is 27.6 Å². The minimum Gasteiger partial charge on any atom is -0.507 e. The molecule has 0 fully saturated rings. The zero-order valence-electron chi connectivity index (χ0n) is 10.0. The number of aryl methyl sites for hydroxylation is 2. The molecular formula is C11H14O6S. The van der Waals surface area contributed by atoms with Gasteiger partial charge in [-0.2, -0.15) is 8.42 Å². The summed E-state index contributed by atoms with van der Waals surface area (Å²) in [6, 6.07) is 3.14. The number of ether oxygens (including phenoxy) is 1. The van der Waals surface area contributed by atoms with E-state index in [1.54, 1.807) is 19.9 Å². The second-order valence-corrected chi connectivity index (χ2v) is 5.47. The summed E-state index contributed by atoms with van der Waals surface area (Å²) in [5, 5.41) is 9.68. The first-order chi connectivity index (χ1) is 8.20. The van der Waals surface area contributed by atoms with E-state index >= 15 is 0 Å². The molecule has 0 saturated carbocycles. The third-order valence-corrected chi connectivity index (χ3v) is 2.92. The van der Waals surface area contributed by atoms with Crippen LogP contribution in [0.2, 0.25) is 0 Å². The summed E-state index contributed by atoms with van der Waals surface area (Å²) in [4.78, 5) is 11.6. The highest BCUT2D eigenvalue weighted by molar-refractivity contribution is 7.85. The predicted molar refractivity (Wildman–Crippen MR) is 64.3 cm³/mol. The molecule has 1 aromatic rings. The largest absolute Gasteiger partial charge is 0.507 e. The number of hydrogen-bond donors (Lipinski definition) is 2. The Hall–Kier alpha value is -1.60. The summed E-state index contributed by atoms with van der Waals surface area (Å²) >= 11 is 0. The Morgan fingerprint density at radius 2 is 1.94 bits per heavy atom. The summed E-state index contributed by atoms with van der Waals surface area (Å²) in [5.41, 5.74) is 1.27. The Labute approximate surface area is 105 Å². The first-order valence-electron chi connectivity index (χ1n) is 5.13. The van der Waals surface area contributed by atoms with Gasteiger partial charge in [-0.05, 0) is 31.0 Å². The van der Waals surface area contributed by atoms with E-state index < -0.39 is 28.4 Å². The highest BCUT2D eigenvalue weighted by Crippen LogP contribution is 2.24. The minimum atomic E-state index is -4.17. The first kappa shape index (κ1) is 14.5. The van der Waals surface area contributed by atoms with Gasteiger partial charge in [-0.3, -0.25) is 4.55 Å². The smallest absolute Gasteiger partial charge is 0.341 e. The van der Waals surface area contributed by atoms with Gasteiger partial charge in [-0.1, -0.05) is 6.07 Å². The maximum atomic E-state index is 11.6. The number of phenolic OH excluding ortho intramolecular Hbond substituents is 1. The van der Waals surface area contributed by atoms with Crippen LogP contribution in [0.1, 0.15) is 21.5 Å². The summed E-state index contributed by atoms with van der Waals surface area (Å²) in [6.45, 7) is 2.92. The van der Waals surface area contributed by atoms with E-state index in [0.29, 0.717) is 5.56 Å². The highest BCUT2D eigenvalue weighted by Gasteiger charge is 2.16. The summed E-state index contributed by atoms with van der Waals surface area (Å²) < 4.78 is 34.0. The summed E-state index contributed by atoms with van der Waals surface area (Å²) in [6.07, 6.45) is 0. The Balaban J connectivity index is 2.79. The fraction of sp³-hybridized carbons (Fsp3) is 0.364. The van der Waals surface area contributed by atoms with Crippen LogP contribution in [0.3, 0.4) is 0 Å². The van der Waals surface area contributed by atoms with E-state index in [1.807, 2.05) is 0 Å². The van der Waals surface area contributed by atoms with E-state index in [2.05, 4.69) is 4.74 Å². The molecule has 7 heteroatoms. The molecule has 0 aliphatic heterocycles. The molecular weight excluding hydrogens is 260 g/mol. The molecule has 6 nitrogen and oxygen atoms in total. The van der Waals surface area contributed by atoms with Crippen LogP contribution in [0.25, 0.3) is 0 Å². The highest BCUT2D eigenvalue weighted by atomic mass is 32.2. The van der Waals surface area contributed by atoms with Crippen LogP contribution in [0.5, 0.6) is 5.75 Å². The van der Waals surface area contributed by atoms with Crippen LogP contribution in [0, 0.1) is 13.8 Å².